The van der Waals surface area contributed by atoms with Gasteiger partial charge in [0.2, 0.25) is 0 Å². The van der Waals surface area contributed by atoms with Gasteiger partial charge < -0.3 is 15.4 Å². The molecule has 1 amide bonds. The van der Waals surface area contributed by atoms with Gasteiger partial charge in [0.05, 0.1) is 7.11 Å². The zero-order valence-electron chi connectivity index (χ0n) is 15.2. The van der Waals surface area contributed by atoms with E-state index in [0.717, 1.165) is 23.3 Å². The second-order valence-electron chi connectivity index (χ2n) is 5.96. The van der Waals surface area contributed by atoms with Gasteiger partial charge in [0, 0.05) is 37.2 Å². The highest BCUT2D eigenvalue weighted by atomic mass is 16.5. The molecule has 6 heteroatoms. The minimum Gasteiger partial charge on any atom is -0.496 e. The van der Waals surface area contributed by atoms with Crippen LogP contribution in [0.15, 0.2) is 67.1 Å². The number of methoxy groups -OCH3 is 1. The van der Waals surface area contributed by atoms with E-state index in [-0.39, 0.29) is 5.91 Å². The topological polar surface area (TPSA) is 76.1 Å². The summed E-state index contributed by atoms with van der Waals surface area (Å²) in [7, 11) is 1.67. The normalized spacial score (nSPS) is 10.3. The van der Waals surface area contributed by atoms with Crippen molar-refractivity contribution in [2.75, 3.05) is 19.0 Å². The molecular formula is C21H22N4O2. The molecular weight excluding hydrogens is 340 g/mol. The molecule has 0 unspecified atom stereocenters. The standard InChI is InChI=1S/C21H22N4O2/c1-27-19-5-3-2-4-17(19)8-12-23-20-14-18(9-13-24-20)21(26)25-15-16-6-10-22-11-7-16/h2-7,9-11,13-14H,8,12,15H2,1H3,(H,23,24)(H,25,26). The Kier molecular flexibility index (Phi) is 6.35. The highest BCUT2D eigenvalue weighted by Gasteiger charge is 2.07. The van der Waals surface area contributed by atoms with Gasteiger partial charge in [0.15, 0.2) is 0 Å². The molecule has 0 aliphatic heterocycles. The summed E-state index contributed by atoms with van der Waals surface area (Å²) in [5.74, 6) is 1.40. The molecule has 0 radical (unpaired) electrons. The first-order valence-corrected chi connectivity index (χ1v) is 8.75. The molecule has 27 heavy (non-hydrogen) atoms. The van der Waals surface area contributed by atoms with Gasteiger partial charge in [-0.05, 0) is 47.9 Å². The van der Waals surface area contributed by atoms with E-state index in [1.807, 2.05) is 36.4 Å². The maximum atomic E-state index is 12.4. The van der Waals surface area contributed by atoms with Crippen molar-refractivity contribution in [1.29, 1.82) is 0 Å². The van der Waals surface area contributed by atoms with Crippen molar-refractivity contribution in [3.05, 3.63) is 83.8 Å². The summed E-state index contributed by atoms with van der Waals surface area (Å²) < 4.78 is 5.36. The van der Waals surface area contributed by atoms with Crippen molar-refractivity contribution in [3.63, 3.8) is 0 Å². The third-order valence-corrected chi connectivity index (χ3v) is 4.12. The molecule has 0 spiro atoms. The van der Waals surface area contributed by atoms with E-state index in [1.165, 1.54) is 0 Å². The maximum absolute atomic E-state index is 12.4. The van der Waals surface area contributed by atoms with Crippen LogP contribution in [0.2, 0.25) is 0 Å². The van der Waals surface area contributed by atoms with Gasteiger partial charge in [-0.2, -0.15) is 0 Å². The van der Waals surface area contributed by atoms with Crippen molar-refractivity contribution in [2.24, 2.45) is 0 Å². The van der Waals surface area contributed by atoms with Crippen LogP contribution < -0.4 is 15.4 Å². The van der Waals surface area contributed by atoms with E-state index in [0.29, 0.717) is 24.5 Å². The number of anilines is 1. The lowest BCUT2D eigenvalue weighted by molar-refractivity contribution is 0.0951. The van der Waals surface area contributed by atoms with Crippen LogP contribution >= 0.6 is 0 Å². The van der Waals surface area contributed by atoms with Gasteiger partial charge in [-0.25, -0.2) is 4.98 Å². The largest absolute Gasteiger partial charge is 0.496 e. The highest BCUT2D eigenvalue weighted by molar-refractivity contribution is 5.94. The number of aromatic nitrogens is 2. The number of amides is 1. The third kappa shape index (κ3) is 5.28. The molecule has 0 aliphatic rings. The monoisotopic (exact) mass is 362 g/mol. The first kappa shape index (κ1) is 18.4. The minimum absolute atomic E-state index is 0.137. The van der Waals surface area contributed by atoms with E-state index in [1.54, 1.807) is 37.8 Å². The fourth-order valence-electron chi connectivity index (χ4n) is 2.69. The molecule has 2 N–H and O–H groups in total. The highest BCUT2D eigenvalue weighted by Crippen LogP contribution is 2.18. The summed E-state index contributed by atoms with van der Waals surface area (Å²) in [6.07, 6.45) is 5.84. The number of carbonyl (C=O) groups is 1. The fraction of sp³-hybridized carbons (Fsp3) is 0.190. The van der Waals surface area contributed by atoms with Gasteiger partial charge in [-0.1, -0.05) is 18.2 Å². The molecule has 0 saturated heterocycles. The summed E-state index contributed by atoms with van der Waals surface area (Å²) in [4.78, 5) is 20.6. The number of carbonyl (C=O) groups excluding carboxylic acids is 1. The van der Waals surface area contributed by atoms with Gasteiger partial charge >= 0.3 is 0 Å². The lowest BCUT2D eigenvalue weighted by atomic mass is 10.1. The van der Waals surface area contributed by atoms with Crippen LogP contribution in [0, 0.1) is 0 Å². The molecule has 6 nitrogen and oxygen atoms in total. The van der Waals surface area contributed by atoms with E-state index in [9.17, 15) is 4.79 Å². The van der Waals surface area contributed by atoms with E-state index < -0.39 is 0 Å². The van der Waals surface area contributed by atoms with Crippen LogP contribution in [0.5, 0.6) is 5.75 Å². The quantitative estimate of drug-likeness (QED) is 0.644. The molecule has 1 aromatic carbocycles. The third-order valence-electron chi connectivity index (χ3n) is 4.12. The first-order valence-electron chi connectivity index (χ1n) is 8.75. The average molecular weight is 362 g/mol. The molecule has 138 valence electrons. The van der Waals surface area contributed by atoms with E-state index in [4.69, 9.17) is 4.74 Å². The number of hydrogen-bond acceptors (Lipinski definition) is 5. The summed E-state index contributed by atoms with van der Waals surface area (Å²) in [5, 5.41) is 6.16. The van der Waals surface area contributed by atoms with Crippen LogP contribution in [-0.2, 0) is 13.0 Å². The summed E-state index contributed by atoms with van der Waals surface area (Å²) in [6, 6.07) is 15.1. The SMILES string of the molecule is COc1ccccc1CCNc1cc(C(=O)NCc2ccncc2)ccn1. The van der Waals surface area contributed by atoms with Crippen molar-refractivity contribution < 1.29 is 9.53 Å². The Bertz CT molecular complexity index is 884. The number of hydrogen-bond donors (Lipinski definition) is 2. The van der Waals surface area contributed by atoms with E-state index >= 15 is 0 Å². The molecule has 3 rings (SSSR count). The Morgan fingerprint density at radius 1 is 1.07 bits per heavy atom. The van der Waals surface area contributed by atoms with Crippen molar-refractivity contribution in [2.45, 2.75) is 13.0 Å². The zero-order valence-corrected chi connectivity index (χ0v) is 15.2. The molecule has 0 saturated carbocycles. The summed E-state index contributed by atoms with van der Waals surface area (Å²) in [6.45, 7) is 1.15. The Balaban J connectivity index is 1.54. The van der Waals surface area contributed by atoms with Crippen molar-refractivity contribution >= 4 is 11.7 Å². The second-order valence-corrected chi connectivity index (χ2v) is 5.96. The number of pyridine rings is 2. The van der Waals surface area contributed by atoms with Crippen LogP contribution in [0.1, 0.15) is 21.5 Å². The van der Waals surface area contributed by atoms with E-state index in [2.05, 4.69) is 20.6 Å². The Hall–Kier alpha value is -3.41. The Labute approximate surface area is 158 Å². The number of nitrogens with one attached hydrogen (secondary N) is 2. The number of para-hydroxylation sites is 1. The molecule has 0 fully saturated rings. The average Bonchev–Trinajstić information content (AvgIpc) is 2.73. The molecule has 0 bridgehead atoms. The smallest absolute Gasteiger partial charge is 0.251 e. The summed E-state index contributed by atoms with van der Waals surface area (Å²) in [5.41, 5.74) is 2.69. The fourth-order valence-corrected chi connectivity index (χ4v) is 2.69. The lowest BCUT2D eigenvalue weighted by Crippen LogP contribution is -2.23. The van der Waals surface area contributed by atoms with Crippen molar-refractivity contribution in [3.8, 4) is 5.75 Å². The molecule has 0 atom stereocenters. The molecule has 2 heterocycles. The first-order chi connectivity index (χ1) is 13.3. The van der Waals surface area contributed by atoms with Gasteiger partial charge in [-0.15, -0.1) is 0 Å². The minimum atomic E-state index is -0.137. The number of benzene rings is 1. The van der Waals surface area contributed by atoms with Gasteiger partial charge in [-0.3, -0.25) is 9.78 Å². The number of ether oxygens (including phenoxy) is 1. The zero-order chi connectivity index (χ0) is 18.9. The number of rotatable bonds is 8. The predicted molar refractivity (Wildman–Crippen MR) is 105 cm³/mol. The van der Waals surface area contributed by atoms with Gasteiger partial charge in [0.25, 0.3) is 5.91 Å². The molecule has 0 aliphatic carbocycles. The Morgan fingerprint density at radius 3 is 2.70 bits per heavy atom. The van der Waals surface area contributed by atoms with Crippen LogP contribution in [0.4, 0.5) is 5.82 Å². The van der Waals surface area contributed by atoms with Crippen LogP contribution in [0.3, 0.4) is 0 Å². The van der Waals surface area contributed by atoms with Crippen LogP contribution in [-0.4, -0.2) is 29.5 Å². The maximum Gasteiger partial charge on any atom is 0.251 e. The summed E-state index contributed by atoms with van der Waals surface area (Å²) >= 11 is 0. The van der Waals surface area contributed by atoms with Crippen LogP contribution in [0.25, 0.3) is 0 Å². The van der Waals surface area contributed by atoms with Gasteiger partial charge in [0.1, 0.15) is 11.6 Å². The predicted octanol–water partition coefficient (Wildman–Crippen LogP) is 3.07. The Morgan fingerprint density at radius 2 is 1.89 bits per heavy atom. The molecule has 3 aromatic rings. The second kappa shape index (κ2) is 9.33. The molecule has 2 aromatic heterocycles. The van der Waals surface area contributed by atoms with Crippen molar-refractivity contribution in [1.82, 2.24) is 15.3 Å². The number of nitrogens with zero attached hydrogens (tertiary/aromatic N) is 2. The lowest BCUT2D eigenvalue weighted by Gasteiger charge is -2.10.